The Hall–Kier alpha value is -1.40. The average Bonchev–Trinajstić information content (AvgIpc) is 2.61. The minimum Gasteiger partial charge on any atom is -0.336 e. The third-order valence-corrected chi connectivity index (χ3v) is 6.66. The van der Waals surface area contributed by atoms with Crippen LogP contribution in [0.4, 0.5) is 0 Å². The fourth-order valence-electron chi connectivity index (χ4n) is 3.34. The first kappa shape index (κ1) is 19.9. The van der Waals surface area contributed by atoms with Crippen molar-refractivity contribution in [1.29, 1.82) is 0 Å². The van der Waals surface area contributed by atoms with Gasteiger partial charge in [-0.2, -0.15) is 4.31 Å². The summed E-state index contributed by atoms with van der Waals surface area (Å²) in [6.45, 7) is 7.83. The quantitative estimate of drug-likeness (QED) is 0.742. The Kier molecular flexibility index (Phi) is 7.02. The van der Waals surface area contributed by atoms with Crippen molar-refractivity contribution in [3.05, 3.63) is 29.8 Å². The second kappa shape index (κ2) is 8.81. The summed E-state index contributed by atoms with van der Waals surface area (Å²) in [5.74, 6) is -0.00452. The van der Waals surface area contributed by atoms with Gasteiger partial charge in [0.05, 0.1) is 4.90 Å². The lowest BCUT2D eigenvalue weighted by atomic mass is 10.0. The number of rotatable bonds is 7. The predicted octanol–water partition coefficient (Wildman–Crippen LogP) is 3.51. The summed E-state index contributed by atoms with van der Waals surface area (Å²) in [6.07, 6.45) is 4.78. The highest BCUT2D eigenvalue weighted by Crippen LogP contribution is 2.21. The fourth-order valence-corrected chi connectivity index (χ4v) is 4.96. The molecule has 0 spiro atoms. The summed E-state index contributed by atoms with van der Waals surface area (Å²) in [7, 11) is -3.50. The van der Waals surface area contributed by atoms with E-state index in [0.717, 1.165) is 38.6 Å². The molecule has 0 bridgehead atoms. The Morgan fingerprint density at radius 3 is 2.24 bits per heavy atom. The maximum Gasteiger partial charge on any atom is 0.254 e. The van der Waals surface area contributed by atoms with E-state index in [1.165, 1.54) is 4.31 Å². The summed E-state index contributed by atoms with van der Waals surface area (Å²) in [5.41, 5.74) is 0.560. The van der Waals surface area contributed by atoms with Crippen molar-refractivity contribution in [3.63, 3.8) is 0 Å². The monoisotopic (exact) mass is 366 g/mol. The van der Waals surface area contributed by atoms with Gasteiger partial charge < -0.3 is 4.90 Å². The van der Waals surface area contributed by atoms with Gasteiger partial charge in [-0.15, -0.1) is 0 Å². The summed E-state index contributed by atoms with van der Waals surface area (Å²) in [6, 6.07) is 6.67. The van der Waals surface area contributed by atoms with Crippen LogP contribution in [0.5, 0.6) is 0 Å². The Morgan fingerprint density at radius 2 is 1.72 bits per heavy atom. The molecule has 0 saturated carbocycles. The standard InChI is InChI=1S/C19H30N2O3S/c1-4-13-20(14-5-2)25(23,24)18-11-9-17(10-12-18)19(22)21-15-7-6-8-16(21)3/h9-12,16H,4-8,13-15H2,1-3H3/t16-/m1/s1. The van der Waals surface area contributed by atoms with Crippen LogP contribution in [0.15, 0.2) is 29.2 Å². The van der Waals surface area contributed by atoms with E-state index in [1.807, 2.05) is 18.7 Å². The maximum atomic E-state index is 12.8. The highest BCUT2D eigenvalue weighted by Gasteiger charge is 2.26. The molecular weight excluding hydrogens is 336 g/mol. The van der Waals surface area contributed by atoms with Crippen molar-refractivity contribution in [2.45, 2.75) is 63.8 Å². The van der Waals surface area contributed by atoms with E-state index in [4.69, 9.17) is 0 Å². The molecule has 1 aromatic rings. The highest BCUT2D eigenvalue weighted by molar-refractivity contribution is 7.89. The van der Waals surface area contributed by atoms with Gasteiger partial charge in [-0.25, -0.2) is 8.42 Å². The first-order chi connectivity index (χ1) is 11.9. The molecule has 0 aromatic heterocycles. The van der Waals surface area contributed by atoms with Crippen molar-refractivity contribution in [2.75, 3.05) is 19.6 Å². The van der Waals surface area contributed by atoms with Gasteiger partial charge in [0.25, 0.3) is 5.91 Å². The smallest absolute Gasteiger partial charge is 0.254 e. The van der Waals surface area contributed by atoms with Crippen LogP contribution >= 0.6 is 0 Å². The Morgan fingerprint density at radius 1 is 1.12 bits per heavy atom. The molecule has 0 N–H and O–H groups in total. The van der Waals surface area contributed by atoms with E-state index in [0.29, 0.717) is 18.7 Å². The Labute approximate surface area is 152 Å². The Balaban J connectivity index is 2.19. The number of hydrogen-bond donors (Lipinski definition) is 0. The van der Waals surface area contributed by atoms with Crippen LogP contribution in [0.3, 0.4) is 0 Å². The molecule has 1 aromatic carbocycles. The third kappa shape index (κ3) is 4.61. The molecule has 1 aliphatic rings. The van der Waals surface area contributed by atoms with Crippen molar-refractivity contribution in [1.82, 2.24) is 9.21 Å². The lowest BCUT2D eigenvalue weighted by Gasteiger charge is -2.33. The van der Waals surface area contributed by atoms with E-state index in [1.54, 1.807) is 24.3 Å². The third-order valence-electron chi connectivity index (χ3n) is 4.75. The minimum absolute atomic E-state index is 0.00452. The predicted molar refractivity (Wildman–Crippen MR) is 100 cm³/mol. The first-order valence-corrected chi connectivity index (χ1v) is 10.8. The topological polar surface area (TPSA) is 57.7 Å². The molecule has 140 valence electrons. The van der Waals surface area contributed by atoms with Crippen LogP contribution in [-0.4, -0.2) is 49.2 Å². The summed E-state index contributed by atoms with van der Waals surface area (Å²) in [4.78, 5) is 14.8. The second-order valence-electron chi connectivity index (χ2n) is 6.77. The molecule has 0 radical (unpaired) electrons. The molecule has 1 saturated heterocycles. The first-order valence-electron chi connectivity index (χ1n) is 9.33. The van der Waals surface area contributed by atoms with Crippen LogP contribution in [0.2, 0.25) is 0 Å². The second-order valence-corrected chi connectivity index (χ2v) is 8.71. The largest absolute Gasteiger partial charge is 0.336 e. The minimum atomic E-state index is -3.50. The number of sulfonamides is 1. The van der Waals surface area contributed by atoms with Crippen LogP contribution in [0, 0.1) is 0 Å². The molecule has 6 heteroatoms. The summed E-state index contributed by atoms with van der Waals surface area (Å²) < 4.78 is 27.1. The van der Waals surface area contributed by atoms with Gasteiger partial charge in [0.2, 0.25) is 10.0 Å². The van der Waals surface area contributed by atoms with E-state index in [2.05, 4.69) is 6.92 Å². The van der Waals surface area contributed by atoms with Crippen LogP contribution in [-0.2, 0) is 10.0 Å². The molecular formula is C19H30N2O3S. The lowest BCUT2D eigenvalue weighted by molar-refractivity contribution is 0.0635. The maximum absolute atomic E-state index is 12.8. The fraction of sp³-hybridized carbons (Fsp3) is 0.632. The van der Waals surface area contributed by atoms with Gasteiger partial charge in [-0.05, 0) is 63.3 Å². The zero-order chi connectivity index (χ0) is 18.4. The number of benzene rings is 1. The zero-order valence-electron chi connectivity index (χ0n) is 15.6. The number of nitrogens with zero attached hydrogens (tertiary/aromatic N) is 2. The molecule has 0 aliphatic carbocycles. The summed E-state index contributed by atoms with van der Waals surface area (Å²) >= 11 is 0. The van der Waals surface area contributed by atoms with Gasteiger partial charge in [-0.1, -0.05) is 13.8 Å². The van der Waals surface area contributed by atoms with E-state index >= 15 is 0 Å². The van der Waals surface area contributed by atoms with E-state index in [9.17, 15) is 13.2 Å². The van der Waals surface area contributed by atoms with Gasteiger partial charge >= 0.3 is 0 Å². The molecule has 0 unspecified atom stereocenters. The van der Waals surface area contributed by atoms with Crippen LogP contribution in [0.1, 0.15) is 63.2 Å². The van der Waals surface area contributed by atoms with Gasteiger partial charge in [0.1, 0.15) is 0 Å². The molecule has 1 heterocycles. The number of hydrogen-bond acceptors (Lipinski definition) is 3. The van der Waals surface area contributed by atoms with E-state index in [-0.39, 0.29) is 16.8 Å². The van der Waals surface area contributed by atoms with Crippen LogP contribution in [0.25, 0.3) is 0 Å². The number of piperidine rings is 1. The molecule has 1 amide bonds. The molecule has 1 aliphatic heterocycles. The van der Waals surface area contributed by atoms with E-state index < -0.39 is 10.0 Å². The molecule has 1 atom stereocenters. The normalized spacial score (nSPS) is 18.6. The summed E-state index contributed by atoms with van der Waals surface area (Å²) in [5, 5.41) is 0. The van der Waals surface area contributed by atoms with Crippen molar-refractivity contribution in [2.24, 2.45) is 0 Å². The molecule has 1 fully saturated rings. The molecule has 5 nitrogen and oxygen atoms in total. The number of likely N-dealkylation sites (tertiary alicyclic amines) is 1. The van der Waals surface area contributed by atoms with Gasteiger partial charge in [-0.3, -0.25) is 4.79 Å². The molecule has 2 rings (SSSR count). The van der Waals surface area contributed by atoms with Crippen molar-refractivity contribution in [3.8, 4) is 0 Å². The number of carbonyl (C=O) groups excluding carboxylic acids is 1. The van der Waals surface area contributed by atoms with Gasteiger partial charge in [0, 0.05) is 31.2 Å². The van der Waals surface area contributed by atoms with Gasteiger partial charge in [0.15, 0.2) is 0 Å². The SMILES string of the molecule is CCCN(CCC)S(=O)(=O)c1ccc(C(=O)N2CCCC[C@H]2C)cc1. The van der Waals surface area contributed by atoms with Crippen LogP contribution < -0.4 is 0 Å². The average molecular weight is 367 g/mol. The number of amides is 1. The zero-order valence-corrected chi connectivity index (χ0v) is 16.4. The Bertz CT molecular complexity index is 664. The highest BCUT2D eigenvalue weighted by atomic mass is 32.2. The molecule has 25 heavy (non-hydrogen) atoms. The van der Waals surface area contributed by atoms with Crippen molar-refractivity contribution < 1.29 is 13.2 Å². The van der Waals surface area contributed by atoms with Crippen molar-refractivity contribution >= 4 is 15.9 Å². The lowest BCUT2D eigenvalue weighted by Crippen LogP contribution is -2.42. The number of carbonyl (C=O) groups is 1.